The summed E-state index contributed by atoms with van der Waals surface area (Å²) in [6.07, 6.45) is 1.64. The maximum atomic E-state index is 11.9. The summed E-state index contributed by atoms with van der Waals surface area (Å²) < 4.78 is 3.20. The summed E-state index contributed by atoms with van der Waals surface area (Å²) in [5.74, 6) is -0.995. The third-order valence-electron chi connectivity index (χ3n) is 2.67. The highest BCUT2D eigenvalue weighted by Crippen LogP contribution is 2.40. The molecule has 2 aliphatic rings. The Balaban J connectivity index is 0.00000200. The summed E-state index contributed by atoms with van der Waals surface area (Å²) in [5.41, 5.74) is 5.85. The van der Waals surface area contributed by atoms with Crippen molar-refractivity contribution < 1.29 is 14.3 Å². The van der Waals surface area contributed by atoms with Gasteiger partial charge in [-0.15, -0.1) is 24.2 Å². The molecule has 0 radical (unpaired) electrons. The lowest BCUT2D eigenvalue weighted by Gasteiger charge is -2.48. The highest BCUT2D eigenvalue weighted by molar-refractivity contribution is 8.00. The number of carbonyl (C=O) groups is 2. The van der Waals surface area contributed by atoms with Gasteiger partial charge in [-0.05, 0) is 13.0 Å². The van der Waals surface area contributed by atoms with Gasteiger partial charge >= 0.3 is 5.97 Å². The monoisotopic (exact) mass is 380 g/mol. The molecule has 0 bridgehead atoms. The number of β-lactam (4-membered cyclic amide) rings is 1. The number of hydrogen-bond donors (Lipinski definition) is 1. The van der Waals surface area contributed by atoms with Gasteiger partial charge in [0.05, 0.1) is 0 Å². The smallest absolute Gasteiger partial charge is 0.354 e. The van der Waals surface area contributed by atoms with Crippen molar-refractivity contribution in [3.63, 3.8) is 0 Å². The molecule has 1 amide bonds. The molecule has 3 atom stereocenters. The van der Waals surface area contributed by atoms with Gasteiger partial charge in [0.15, 0.2) is 0 Å². The molecule has 10 heteroatoms. The minimum absolute atomic E-state index is 0. The van der Waals surface area contributed by atoms with E-state index in [0.29, 0.717) is 0 Å². The van der Waals surface area contributed by atoms with E-state index in [9.17, 15) is 9.59 Å². The maximum absolute atomic E-state index is 11.9. The Morgan fingerprint density at radius 2 is 2.15 bits per heavy atom. The molecule has 2 heterocycles. The number of nitrogens with zero attached hydrogens (tertiary/aromatic N) is 1. The number of fused-ring (bicyclic) bond motifs is 1. The van der Waals surface area contributed by atoms with Crippen LogP contribution < -0.4 is 5.73 Å². The van der Waals surface area contributed by atoms with Crippen molar-refractivity contribution in [1.82, 2.24) is 4.90 Å². The van der Waals surface area contributed by atoms with Gasteiger partial charge in [0, 0.05) is 5.25 Å². The first kappa shape index (κ1) is 18.2. The van der Waals surface area contributed by atoms with Crippen LogP contribution in [0.5, 0.6) is 0 Å². The van der Waals surface area contributed by atoms with Crippen LogP contribution in [0.15, 0.2) is 11.8 Å². The topological polar surface area (TPSA) is 72.6 Å². The Hall–Kier alpha value is 0.150. The van der Waals surface area contributed by atoms with E-state index in [1.807, 2.05) is 6.92 Å². The van der Waals surface area contributed by atoms with Crippen LogP contribution in [0.1, 0.15) is 6.92 Å². The van der Waals surface area contributed by atoms with Crippen LogP contribution in [0.3, 0.4) is 0 Å². The fourth-order valence-electron chi connectivity index (χ4n) is 1.84. The van der Waals surface area contributed by atoms with Crippen LogP contribution in [0.2, 0.25) is 0 Å². The highest BCUT2D eigenvalue weighted by Gasteiger charge is 2.51. The van der Waals surface area contributed by atoms with Crippen molar-refractivity contribution in [2.75, 3.05) is 6.61 Å². The normalized spacial score (nSPS) is 28.9. The van der Waals surface area contributed by atoms with Crippen LogP contribution >= 0.6 is 59.0 Å². The lowest BCUT2D eigenvalue weighted by Crippen LogP contribution is -2.68. The zero-order valence-electron chi connectivity index (χ0n) is 10.2. The van der Waals surface area contributed by atoms with E-state index in [4.69, 9.17) is 45.3 Å². The van der Waals surface area contributed by atoms with Gasteiger partial charge in [-0.2, -0.15) is 0 Å². The van der Waals surface area contributed by atoms with Crippen molar-refractivity contribution in [3.05, 3.63) is 11.8 Å². The van der Waals surface area contributed by atoms with Crippen molar-refractivity contribution in [2.45, 2.75) is 27.4 Å². The number of alkyl halides is 3. The summed E-state index contributed by atoms with van der Waals surface area (Å²) >= 11 is 18.0. The van der Waals surface area contributed by atoms with Crippen molar-refractivity contribution in [1.29, 1.82) is 0 Å². The lowest BCUT2D eigenvalue weighted by molar-refractivity contribution is -0.150. The minimum Gasteiger partial charge on any atom is -0.456 e. The van der Waals surface area contributed by atoms with Gasteiger partial charge < -0.3 is 10.5 Å². The number of esters is 1. The second kappa shape index (κ2) is 6.50. The van der Waals surface area contributed by atoms with Gasteiger partial charge in [-0.25, -0.2) is 4.79 Å². The Labute approximate surface area is 141 Å². The Morgan fingerprint density at radius 3 is 2.70 bits per heavy atom. The average molecular weight is 382 g/mol. The zero-order chi connectivity index (χ0) is 14.4. The van der Waals surface area contributed by atoms with Crippen LogP contribution in [0.4, 0.5) is 0 Å². The second-order valence-corrected chi connectivity index (χ2v) is 8.22. The molecule has 1 saturated heterocycles. The Bertz CT molecular complexity index is 454. The van der Waals surface area contributed by atoms with Crippen LogP contribution in [0, 0.1) is 0 Å². The highest BCUT2D eigenvalue weighted by atomic mass is 35.6. The van der Waals surface area contributed by atoms with E-state index in [-0.39, 0.29) is 41.2 Å². The molecular weight excluding hydrogens is 370 g/mol. The molecule has 5 nitrogen and oxygen atoms in total. The van der Waals surface area contributed by atoms with E-state index in [0.717, 1.165) is 0 Å². The fourth-order valence-corrected chi connectivity index (χ4v) is 3.27. The van der Waals surface area contributed by atoms with Crippen LogP contribution in [0.25, 0.3) is 0 Å². The molecule has 0 aromatic carbocycles. The number of halogens is 4. The van der Waals surface area contributed by atoms with Gasteiger partial charge in [0.1, 0.15) is 23.7 Å². The Kier molecular flexibility index (Phi) is 5.92. The number of ether oxygens (including phenoxy) is 1. The average Bonchev–Trinajstić information content (AvgIpc) is 2.33. The predicted octanol–water partition coefficient (Wildman–Crippen LogP) is 1.84. The quantitative estimate of drug-likeness (QED) is 0.448. The predicted molar refractivity (Wildman–Crippen MR) is 82.2 cm³/mol. The number of carbonyl (C=O) groups excluding carboxylic acids is 2. The summed E-state index contributed by atoms with van der Waals surface area (Å²) in [5, 5.41) is -0.182. The van der Waals surface area contributed by atoms with Gasteiger partial charge in [-0.1, -0.05) is 34.8 Å². The van der Waals surface area contributed by atoms with Crippen molar-refractivity contribution in [2.24, 2.45) is 5.73 Å². The third-order valence-corrected chi connectivity index (χ3v) is 4.34. The van der Waals surface area contributed by atoms with E-state index in [2.05, 4.69) is 0 Å². The standard InChI is InChI=1S/C10H11Cl3N2O3S.ClH/c1-4-2-5(9(17)18-3-10(11,12)13)15-7(16)6(14)8(15)19-4;/h2,4,6,8H,3,14H2,1H3;1H/t4?,6?,8-;/m1./s1. The number of amides is 1. The molecule has 2 aliphatic heterocycles. The first-order valence-corrected chi connectivity index (χ1v) is 7.48. The van der Waals surface area contributed by atoms with E-state index >= 15 is 0 Å². The molecule has 2 unspecified atom stereocenters. The van der Waals surface area contributed by atoms with E-state index in [1.54, 1.807) is 6.08 Å². The molecule has 2 rings (SSSR count). The third kappa shape index (κ3) is 3.67. The summed E-state index contributed by atoms with van der Waals surface area (Å²) in [7, 11) is 0. The molecule has 0 spiro atoms. The SMILES string of the molecule is CC1C=C(C(=O)OCC(Cl)(Cl)Cl)N2C(=O)C(N)[C@H]2S1.Cl. The van der Waals surface area contributed by atoms with Crippen LogP contribution in [-0.2, 0) is 14.3 Å². The number of hydrogen-bond acceptors (Lipinski definition) is 5. The molecule has 2 N–H and O–H groups in total. The van der Waals surface area contributed by atoms with E-state index in [1.165, 1.54) is 16.7 Å². The molecule has 20 heavy (non-hydrogen) atoms. The molecule has 0 aromatic heterocycles. The fraction of sp³-hybridized carbons (Fsp3) is 0.600. The number of nitrogens with two attached hydrogens (primary N) is 1. The zero-order valence-corrected chi connectivity index (χ0v) is 14.1. The van der Waals surface area contributed by atoms with Gasteiger partial charge in [-0.3, -0.25) is 9.69 Å². The summed E-state index contributed by atoms with van der Waals surface area (Å²) in [6.45, 7) is 1.52. The van der Waals surface area contributed by atoms with E-state index < -0.39 is 15.8 Å². The Morgan fingerprint density at radius 1 is 1.55 bits per heavy atom. The molecule has 0 aliphatic carbocycles. The maximum Gasteiger partial charge on any atom is 0.354 e. The lowest BCUT2D eigenvalue weighted by atomic mass is 10.1. The van der Waals surface area contributed by atoms with Gasteiger partial charge in [0.25, 0.3) is 0 Å². The summed E-state index contributed by atoms with van der Waals surface area (Å²) in [4.78, 5) is 24.9. The van der Waals surface area contributed by atoms with Gasteiger partial charge in [0.2, 0.25) is 9.70 Å². The first-order valence-electron chi connectivity index (χ1n) is 5.40. The molecule has 114 valence electrons. The van der Waals surface area contributed by atoms with Crippen LogP contribution in [-0.4, -0.2) is 43.8 Å². The molecule has 1 fully saturated rings. The molecule has 0 aromatic rings. The second-order valence-electron chi connectivity index (χ2n) is 4.21. The number of rotatable bonds is 2. The van der Waals surface area contributed by atoms with Crippen molar-refractivity contribution in [3.8, 4) is 0 Å². The number of thioether (sulfide) groups is 1. The van der Waals surface area contributed by atoms with Crippen molar-refractivity contribution >= 4 is 70.8 Å². The molecule has 0 saturated carbocycles. The largest absolute Gasteiger partial charge is 0.456 e. The molecular formula is C10H12Cl4N2O3S. The summed E-state index contributed by atoms with van der Waals surface area (Å²) in [6, 6.07) is -0.586. The first-order chi connectivity index (χ1) is 8.70. The minimum atomic E-state index is -1.68.